The molecule has 452 valence electrons. The third-order valence-corrected chi connectivity index (χ3v) is 16.3. The van der Waals surface area contributed by atoms with E-state index in [4.69, 9.17) is 14.2 Å². The summed E-state index contributed by atoms with van der Waals surface area (Å²) in [6, 6.07) is 0. The summed E-state index contributed by atoms with van der Waals surface area (Å²) in [6.07, 6.45) is 74.0. The van der Waals surface area contributed by atoms with Crippen LogP contribution in [0.3, 0.4) is 0 Å². The molecule has 0 unspecified atom stereocenters. The first-order valence-corrected chi connectivity index (χ1v) is 34.9. The molecular weight excluding hydrogens is 937 g/mol. The minimum absolute atomic E-state index is 0.0606. The van der Waals surface area contributed by atoms with Crippen molar-refractivity contribution in [2.75, 3.05) is 13.2 Å². The highest BCUT2D eigenvalue weighted by Gasteiger charge is 2.19. The Kier molecular flexibility index (Phi) is 62.9. The zero-order chi connectivity index (χ0) is 55.1. The molecule has 0 radical (unpaired) electrons. The van der Waals surface area contributed by atoms with Crippen LogP contribution < -0.4 is 0 Å². The molecule has 76 heavy (non-hydrogen) atoms. The molecule has 0 saturated heterocycles. The Morgan fingerprint density at radius 2 is 0.434 bits per heavy atom. The van der Waals surface area contributed by atoms with Gasteiger partial charge in [0.2, 0.25) is 0 Å². The Labute approximate surface area is 476 Å². The van der Waals surface area contributed by atoms with Crippen LogP contribution in [0.25, 0.3) is 0 Å². The molecule has 0 bridgehead atoms. The molecule has 0 aromatic heterocycles. The molecule has 0 N–H and O–H groups in total. The van der Waals surface area contributed by atoms with E-state index in [1.54, 1.807) is 0 Å². The number of carbonyl (C=O) groups is 3. The fourth-order valence-electron chi connectivity index (χ4n) is 11.0. The lowest BCUT2D eigenvalue weighted by molar-refractivity contribution is -0.167. The Hall–Kier alpha value is -1.59. The maximum atomic E-state index is 13.0. The molecule has 1 atom stereocenters. The molecule has 0 aliphatic rings. The van der Waals surface area contributed by atoms with Crippen LogP contribution >= 0.6 is 0 Å². The lowest BCUT2D eigenvalue weighted by atomic mass is 10.0. The van der Waals surface area contributed by atoms with Crippen LogP contribution in [-0.4, -0.2) is 37.2 Å². The van der Waals surface area contributed by atoms with Crippen molar-refractivity contribution in [3.63, 3.8) is 0 Å². The quantitative estimate of drug-likeness (QED) is 0.0343. The van der Waals surface area contributed by atoms with E-state index in [0.717, 1.165) is 63.7 Å². The van der Waals surface area contributed by atoms with Crippen molar-refractivity contribution in [1.82, 2.24) is 0 Å². The molecule has 0 amide bonds. The Bertz CT molecular complexity index is 1150. The van der Waals surface area contributed by atoms with Crippen LogP contribution in [0.5, 0.6) is 0 Å². The predicted octanol–water partition coefficient (Wildman–Crippen LogP) is 23.7. The molecule has 0 fully saturated rings. The fourth-order valence-corrected chi connectivity index (χ4v) is 11.0. The van der Waals surface area contributed by atoms with Gasteiger partial charge >= 0.3 is 17.9 Å². The summed E-state index contributed by atoms with van der Waals surface area (Å²) in [5.74, 6) is 0.0377. The summed E-state index contributed by atoms with van der Waals surface area (Å²) in [4.78, 5) is 38.4. The second-order valence-corrected chi connectivity index (χ2v) is 24.6. The van der Waals surface area contributed by atoms with Crippen molar-refractivity contribution in [2.45, 2.75) is 413 Å². The van der Waals surface area contributed by atoms with Gasteiger partial charge in [-0.15, -0.1) is 0 Å². The molecule has 0 saturated carbocycles. The van der Waals surface area contributed by atoms with E-state index in [1.807, 2.05) is 0 Å². The van der Waals surface area contributed by atoms with Crippen molar-refractivity contribution >= 4 is 17.9 Å². The molecule has 0 aromatic rings. The zero-order valence-corrected chi connectivity index (χ0v) is 52.2. The molecular formula is C70H136O6. The number of unbranched alkanes of at least 4 members (excludes halogenated alkanes) is 52. The van der Waals surface area contributed by atoms with E-state index in [2.05, 4.69) is 27.7 Å². The van der Waals surface area contributed by atoms with Crippen molar-refractivity contribution < 1.29 is 28.6 Å². The first kappa shape index (κ1) is 74.4. The minimum atomic E-state index is -0.764. The topological polar surface area (TPSA) is 78.9 Å². The second kappa shape index (κ2) is 64.2. The Balaban J connectivity index is 4.27. The van der Waals surface area contributed by atoms with Crippen LogP contribution in [0.2, 0.25) is 0 Å². The monoisotopic (exact) mass is 1070 g/mol. The second-order valence-electron chi connectivity index (χ2n) is 24.6. The molecule has 6 heteroatoms. The van der Waals surface area contributed by atoms with E-state index in [0.29, 0.717) is 19.3 Å². The molecule has 0 spiro atoms. The van der Waals surface area contributed by atoms with Crippen LogP contribution in [-0.2, 0) is 28.6 Å². The minimum Gasteiger partial charge on any atom is -0.462 e. The SMILES string of the molecule is CCCCCCCCCCCCCCCCCCCCCC(=O)OC[C@H](COC(=O)CCCCCCCCCCCCCCCCCCCC)OC(=O)CCCCCCCCCCCCCCCCCCCCC(C)C. The Morgan fingerprint density at radius 1 is 0.250 bits per heavy atom. The van der Waals surface area contributed by atoms with Gasteiger partial charge in [0.15, 0.2) is 6.10 Å². The summed E-state index contributed by atoms with van der Waals surface area (Å²) in [6.45, 7) is 9.12. The lowest BCUT2D eigenvalue weighted by Crippen LogP contribution is -2.30. The fraction of sp³-hybridized carbons (Fsp3) is 0.957. The molecule has 0 aliphatic heterocycles. The molecule has 0 aliphatic carbocycles. The van der Waals surface area contributed by atoms with Crippen molar-refractivity contribution in [3.8, 4) is 0 Å². The zero-order valence-electron chi connectivity index (χ0n) is 52.2. The maximum Gasteiger partial charge on any atom is 0.306 e. The van der Waals surface area contributed by atoms with Crippen molar-refractivity contribution in [2.24, 2.45) is 5.92 Å². The van der Waals surface area contributed by atoms with Crippen LogP contribution in [0.1, 0.15) is 407 Å². The van der Waals surface area contributed by atoms with Gasteiger partial charge in [-0.1, -0.05) is 368 Å². The highest BCUT2D eigenvalue weighted by molar-refractivity contribution is 5.71. The average Bonchev–Trinajstić information content (AvgIpc) is 3.41. The highest BCUT2D eigenvalue weighted by Crippen LogP contribution is 2.19. The van der Waals surface area contributed by atoms with E-state index in [1.165, 1.54) is 302 Å². The predicted molar refractivity (Wildman–Crippen MR) is 330 cm³/mol. The number of hydrogen-bond donors (Lipinski definition) is 0. The van der Waals surface area contributed by atoms with Crippen molar-refractivity contribution in [1.29, 1.82) is 0 Å². The summed E-state index contributed by atoms with van der Waals surface area (Å²) in [7, 11) is 0. The van der Waals surface area contributed by atoms with E-state index >= 15 is 0 Å². The summed E-state index contributed by atoms with van der Waals surface area (Å²) in [5, 5.41) is 0. The standard InChI is InChI=1S/C70H136O6/c1-5-7-9-11-13-15-17-19-21-23-25-30-34-38-42-46-50-54-58-62-69(72)75-65-67(64-74-68(71)61-57-53-49-45-41-37-33-29-24-22-20-18-16-14-12-10-8-6-2)76-70(73)63-59-55-51-47-43-39-35-31-27-26-28-32-36-40-44-48-52-56-60-66(3)4/h66-67H,5-65H2,1-4H3/t67-/m0/s1. The summed E-state index contributed by atoms with van der Waals surface area (Å²) < 4.78 is 17.0. The number of carbonyl (C=O) groups excluding carboxylic acids is 3. The first-order chi connectivity index (χ1) is 37.4. The van der Waals surface area contributed by atoms with E-state index < -0.39 is 6.10 Å². The lowest BCUT2D eigenvalue weighted by Gasteiger charge is -2.18. The smallest absolute Gasteiger partial charge is 0.306 e. The van der Waals surface area contributed by atoms with Gasteiger partial charge in [0.1, 0.15) is 13.2 Å². The van der Waals surface area contributed by atoms with Gasteiger partial charge in [-0.25, -0.2) is 0 Å². The third kappa shape index (κ3) is 63.2. The molecule has 0 rings (SSSR count). The number of ether oxygens (including phenoxy) is 3. The van der Waals surface area contributed by atoms with Gasteiger partial charge in [-0.2, -0.15) is 0 Å². The van der Waals surface area contributed by atoms with Gasteiger partial charge in [0, 0.05) is 19.3 Å². The van der Waals surface area contributed by atoms with Crippen LogP contribution in [0.15, 0.2) is 0 Å². The first-order valence-electron chi connectivity index (χ1n) is 34.9. The third-order valence-electron chi connectivity index (χ3n) is 16.3. The van der Waals surface area contributed by atoms with Gasteiger partial charge in [-0.05, 0) is 25.2 Å². The summed E-state index contributed by atoms with van der Waals surface area (Å²) in [5.41, 5.74) is 0. The van der Waals surface area contributed by atoms with Crippen LogP contribution in [0, 0.1) is 5.92 Å². The van der Waals surface area contributed by atoms with Gasteiger partial charge < -0.3 is 14.2 Å². The molecule has 0 heterocycles. The van der Waals surface area contributed by atoms with E-state index in [9.17, 15) is 14.4 Å². The number of esters is 3. The summed E-state index contributed by atoms with van der Waals surface area (Å²) >= 11 is 0. The molecule has 0 aromatic carbocycles. The largest absolute Gasteiger partial charge is 0.462 e. The van der Waals surface area contributed by atoms with Crippen LogP contribution in [0.4, 0.5) is 0 Å². The number of rotatable bonds is 65. The van der Waals surface area contributed by atoms with E-state index in [-0.39, 0.29) is 31.1 Å². The van der Waals surface area contributed by atoms with Gasteiger partial charge in [0.25, 0.3) is 0 Å². The maximum absolute atomic E-state index is 13.0. The Morgan fingerprint density at radius 3 is 0.645 bits per heavy atom. The molecule has 6 nitrogen and oxygen atoms in total. The average molecular weight is 1070 g/mol. The van der Waals surface area contributed by atoms with Gasteiger partial charge in [-0.3, -0.25) is 14.4 Å². The van der Waals surface area contributed by atoms with Gasteiger partial charge in [0.05, 0.1) is 0 Å². The normalized spacial score (nSPS) is 12.0. The number of hydrogen-bond acceptors (Lipinski definition) is 6. The highest BCUT2D eigenvalue weighted by atomic mass is 16.6. The van der Waals surface area contributed by atoms with Crippen molar-refractivity contribution in [3.05, 3.63) is 0 Å².